The van der Waals surface area contributed by atoms with E-state index >= 15 is 0 Å². The van der Waals surface area contributed by atoms with E-state index in [-0.39, 0.29) is 17.5 Å². The van der Waals surface area contributed by atoms with Crippen LogP contribution in [-0.2, 0) is 4.79 Å². The number of benzene rings is 4. The highest BCUT2D eigenvalue weighted by atomic mass is 32.1. The topological polar surface area (TPSA) is 80.3 Å². The number of nitrogens with one attached hydrogen (secondary N) is 2. The van der Waals surface area contributed by atoms with Crippen molar-refractivity contribution in [2.45, 2.75) is 26.2 Å². The van der Waals surface area contributed by atoms with Crippen LogP contribution in [0.5, 0.6) is 11.5 Å². The van der Waals surface area contributed by atoms with Gasteiger partial charge in [-0.1, -0.05) is 86.6 Å². The third-order valence-electron chi connectivity index (χ3n) is 6.32. The number of fused-ring (bicyclic) bond motifs is 1. The molecule has 0 bridgehead atoms. The molecule has 5 rings (SSSR count). The van der Waals surface area contributed by atoms with Crippen LogP contribution in [0.1, 0.15) is 42.2 Å². The van der Waals surface area contributed by atoms with Crippen molar-refractivity contribution in [3.63, 3.8) is 0 Å². The van der Waals surface area contributed by atoms with E-state index < -0.39 is 11.8 Å². The van der Waals surface area contributed by atoms with Gasteiger partial charge in [0.1, 0.15) is 22.2 Å². The van der Waals surface area contributed by atoms with E-state index in [0.717, 1.165) is 32.7 Å². The summed E-state index contributed by atoms with van der Waals surface area (Å²) in [6.07, 6.45) is 0.610. The zero-order chi connectivity index (χ0) is 27.2. The maximum atomic E-state index is 13.3. The molecule has 4 aromatic carbocycles. The van der Waals surface area contributed by atoms with Crippen molar-refractivity contribution in [2.24, 2.45) is 5.92 Å². The van der Waals surface area contributed by atoms with Gasteiger partial charge < -0.3 is 4.74 Å². The maximum Gasteiger partial charge on any atom is 0.289 e. The first-order chi connectivity index (χ1) is 19.0. The van der Waals surface area contributed by atoms with Crippen LogP contribution in [0.2, 0.25) is 0 Å². The highest BCUT2D eigenvalue weighted by Crippen LogP contribution is 2.31. The second kappa shape index (κ2) is 11.9. The highest BCUT2D eigenvalue weighted by Gasteiger charge is 2.24. The standard InChI is InChI=1S/C32H29N3O3S/c1-21(2)18-28(23-12-8-15-25(19-23)38-24-13-4-3-5-14-24)30(36)34-35-31(37)29-20-39-32(33-29)27-17-9-11-22-10-6-7-16-26(22)27/h3-17,19-21,28H,18H2,1-2H3,(H,34,36)(H,35,37). The second-order valence-corrected chi connectivity index (χ2v) is 10.5. The molecule has 6 nitrogen and oxygen atoms in total. The van der Waals surface area contributed by atoms with Gasteiger partial charge in [-0.05, 0) is 52.9 Å². The first-order valence-corrected chi connectivity index (χ1v) is 13.7. The van der Waals surface area contributed by atoms with Crippen LogP contribution in [-0.4, -0.2) is 16.8 Å². The van der Waals surface area contributed by atoms with Crippen molar-refractivity contribution in [1.82, 2.24) is 15.8 Å². The van der Waals surface area contributed by atoms with Crippen LogP contribution in [0.25, 0.3) is 21.3 Å². The average molecular weight is 536 g/mol. The molecule has 0 spiro atoms. The second-order valence-electron chi connectivity index (χ2n) is 9.68. The van der Waals surface area contributed by atoms with Crippen LogP contribution in [0.3, 0.4) is 0 Å². The Balaban J connectivity index is 1.28. The number of hydrazine groups is 1. The number of hydrogen-bond acceptors (Lipinski definition) is 5. The minimum absolute atomic E-state index is 0.252. The van der Waals surface area contributed by atoms with Crippen LogP contribution in [0, 0.1) is 5.92 Å². The zero-order valence-corrected chi connectivity index (χ0v) is 22.6. The molecule has 1 unspecified atom stereocenters. The Labute approximate surface area is 231 Å². The Bertz CT molecular complexity index is 1590. The first-order valence-electron chi connectivity index (χ1n) is 12.8. The molecule has 1 heterocycles. The summed E-state index contributed by atoms with van der Waals surface area (Å²) in [4.78, 5) is 30.7. The summed E-state index contributed by atoms with van der Waals surface area (Å²) in [5, 5.41) is 4.63. The Hall–Kier alpha value is -4.49. The Morgan fingerprint density at radius 2 is 1.56 bits per heavy atom. The number of aromatic nitrogens is 1. The van der Waals surface area contributed by atoms with E-state index in [9.17, 15) is 9.59 Å². The van der Waals surface area contributed by atoms with Gasteiger partial charge in [0.2, 0.25) is 5.91 Å². The highest BCUT2D eigenvalue weighted by molar-refractivity contribution is 7.13. The lowest BCUT2D eigenvalue weighted by molar-refractivity contribution is -0.123. The molecule has 7 heteroatoms. The molecule has 0 saturated carbocycles. The molecule has 2 N–H and O–H groups in total. The molecule has 0 saturated heterocycles. The molecule has 0 aliphatic rings. The summed E-state index contributed by atoms with van der Waals surface area (Å²) < 4.78 is 5.97. The SMILES string of the molecule is CC(C)CC(C(=O)NNC(=O)c1csc(-c2cccc3ccccc23)n1)c1cccc(Oc2ccccc2)c1. The fourth-order valence-corrected chi connectivity index (χ4v) is 5.31. The molecule has 0 fully saturated rings. The van der Waals surface area contributed by atoms with Gasteiger partial charge in [-0.2, -0.15) is 0 Å². The zero-order valence-electron chi connectivity index (χ0n) is 21.8. The summed E-state index contributed by atoms with van der Waals surface area (Å²) in [6, 6.07) is 31.1. The number of para-hydroxylation sites is 1. The van der Waals surface area contributed by atoms with E-state index in [1.165, 1.54) is 11.3 Å². The third-order valence-corrected chi connectivity index (χ3v) is 7.19. The molecule has 5 aromatic rings. The van der Waals surface area contributed by atoms with Crippen molar-refractivity contribution in [3.8, 4) is 22.1 Å². The molecule has 39 heavy (non-hydrogen) atoms. The summed E-state index contributed by atoms with van der Waals surface area (Å²) in [5.74, 6) is 0.405. The average Bonchev–Trinajstić information content (AvgIpc) is 3.45. The quantitative estimate of drug-likeness (QED) is 0.204. The largest absolute Gasteiger partial charge is 0.457 e. The monoisotopic (exact) mass is 535 g/mol. The Kier molecular flexibility index (Phi) is 7.99. The molecule has 0 aliphatic carbocycles. The minimum Gasteiger partial charge on any atom is -0.457 e. The van der Waals surface area contributed by atoms with Crippen LogP contribution in [0.4, 0.5) is 0 Å². The molecule has 2 amide bonds. The van der Waals surface area contributed by atoms with Gasteiger partial charge in [0.15, 0.2) is 0 Å². The molecule has 0 aliphatic heterocycles. The fourth-order valence-electron chi connectivity index (χ4n) is 4.47. The number of carbonyl (C=O) groups excluding carboxylic acids is 2. The van der Waals surface area contributed by atoms with Crippen molar-refractivity contribution in [3.05, 3.63) is 114 Å². The van der Waals surface area contributed by atoms with E-state index in [1.807, 2.05) is 97.1 Å². The van der Waals surface area contributed by atoms with Gasteiger partial charge in [-0.15, -0.1) is 11.3 Å². The van der Waals surface area contributed by atoms with Gasteiger partial charge in [0.05, 0.1) is 5.92 Å². The predicted octanol–water partition coefficient (Wildman–Crippen LogP) is 7.35. The molecular formula is C32H29N3O3S. The smallest absolute Gasteiger partial charge is 0.289 e. The van der Waals surface area contributed by atoms with Gasteiger partial charge >= 0.3 is 0 Å². The number of amides is 2. The Morgan fingerprint density at radius 3 is 2.38 bits per heavy atom. The van der Waals surface area contributed by atoms with Gasteiger partial charge in [0, 0.05) is 10.9 Å². The van der Waals surface area contributed by atoms with Crippen LogP contribution >= 0.6 is 11.3 Å². The van der Waals surface area contributed by atoms with Crippen molar-refractivity contribution >= 4 is 33.9 Å². The molecular weight excluding hydrogens is 506 g/mol. The van der Waals surface area contributed by atoms with E-state index in [1.54, 1.807) is 5.38 Å². The van der Waals surface area contributed by atoms with Crippen LogP contribution < -0.4 is 15.6 Å². The summed E-state index contributed by atoms with van der Waals surface area (Å²) in [6.45, 7) is 4.13. The molecule has 1 atom stereocenters. The number of thiazole rings is 1. The van der Waals surface area contributed by atoms with Crippen molar-refractivity contribution in [1.29, 1.82) is 0 Å². The maximum absolute atomic E-state index is 13.3. The van der Waals surface area contributed by atoms with Crippen molar-refractivity contribution in [2.75, 3.05) is 0 Å². The number of rotatable bonds is 8. The van der Waals surface area contributed by atoms with Gasteiger partial charge in [0.25, 0.3) is 5.91 Å². The molecule has 0 radical (unpaired) electrons. The predicted molar refractivity (Wildman–Crippen MR) is 156 cm³/mol. The first kappa shape index (κ1) is 26.1. The summed E-state index contributed by atoms with van der Waals surface area (Å²) in [7, 11) is 0. The van der Waals surface area contributed by atoms with Gasteiger partial charge in [-0.25, -0.2) is 4.98 Å². The lowest BCUT2D eigenvalue weighted by atomic mass is 9.89. The van der Waals surface area contributed by atoms with Gasteiger partial charge in [-0.3, -0.25) is 20.4 Å². The van der Waals surface area contributed by atoms with E-state index in [4.69, 9.17) is 4.74 Å². The minimum atomic E-state index is -0.466. The molecule has 196 valence electrons. The lowest BCUT2D eigenvalue weighted by Gasteiger charge is -2.20. The van der Waals surface area contributed by atoms with Crippen LogP contribution in [0.15, 0.2) is 102 Å². The summed E-state index contributed by atoms with van der Waals surface area (Å²) >= 11 is 1.40. The van der Waals surface area contributed by atoms with Crippen molar-refractivity contribution < 1.29 is 14.3 Å². The number of hydrogen-bond donors (Lipinski definition) is 2. The lowest BCUT2D eigenvalue weighted by Crippen LogP contribution is -2.44. The number of nitrogens with zero attached hydrogens (tertiary/aromatic N) is 1. The third kappa shape index (κ3) is 6.33. The Morgan fingerprint density at radius 1 is 0.846 bits per heavy atom. The van der Waals surface area contributed by atoms with E-state index in [0.29, 0.717) is 12.2 Å². The molecule has 1 aromatic heterocycles. The summed E-state index contributed by atoms with van der Waals surface area (Å²) in [5.41, 5.74) is 7.21. The normalized spacial score (nSPS) is 11.8. The number of carbonyl (C=O) groups is 2. The number of ether oxygens (including phenoxy) is 1. The van der Waals surface area contributed by atoms with E-state index in [2.05, 4.69) is 29.7 Å². The fraction of sp³-hybridized carbons (Fsp3) is 0.156.